The first-order valence-electron chi connectivity index (χ1n) is 4.06. The Balaban J connectivity index is 2.49. The highest BCUT2D eigenvalue weighted by atomic mass is 16.4. The quantitative estimate of drug-likeness (QED) is 0.627. The van der Waals surface area contributed by atoms with Gasteiger partial charge in [0.2, 0.25) is 0 Å². The van der Waals surface area contributed by atoms with Crippen LogP contribution in [0, 0.1) is 11.8 Å². The van der Waals surface area contributed by atoms with Gasteiger partial charge in [-0.15, -0.1) is 0 Å². The van der Waals surface area contributed by atoms with Crippen molar-refractivity contribution in [2.75, 3.05) is 0 Å². The highest BCUT2D eigenvalue weighted by Gasteiger charge is 2.35. The summed E-state index contributed by atoms with van der Waals surface area (Å²) in [4.78, 5) is 10.5. The summed E-state index contributed by atoms with van der Waals surface area (Å²) in [5, 5.41) is 18.0. The van der Waals surface area contributed by atoms with E-state index in [0.717, 1.165) is 6.42 Å². The summed E-state index contributed by atoms with van der Waals surface area (Å²) in [7, 11) is 0. The van der Waals surface area contributed by atoms with Gasteiger partial charge >= 0.3 is 5.97 Å². The number of aliphatic hydroxyl groups excluding tert-OH is 1. The maximum Gasteiger partial charge on any atom is 0.306 e. The molecule has 1 aliphatic rings. The van der Waals surface area contributed by atoms with Gasteiger partial charge in [-0.05, 0) is 18.8 Å². The molecule has 0 aromatic carbocycles. The SMILES string of the molecule is CC[C@@H]1C[C@H](C(=O)O)C[C@H]1O. The van der Waals surface area contributed by atoms with Crippen molar-refractivity contribution in [2.45, 2.75) is 32.3 Å². The Bertz CT molecular complexity index is 155. The number of rotatable bonds is 2. The smallest absolute Gasteiger partial charge is 0.306 e. The molecule has 1 saturated carbocycles. The molecule has 1 rings (SSSR count). The summed E-state index contributed by atoms with van der Waals surface area (Å²) in [6.45, 7) is 1.98. The Morgan fingerprint density at radius 2 is 2.18 bits per heavy atom. The van der Waals surface area contributed by atoms with E-state index in [1.54, 1.807) is 0 Å². The van der Waals surface area contributed by atoms with Crippen molar-refractivity contribution in [1.29, 1.82) is 0 Å². The van der Waals surface area contributed by atoms with Crippen molar-refractivity contribution in [3.05, 3.63) is 0 Å². The molecule has 0 aromatic heterocycles. The van der Waals surface area contributed by atoms with Gasteiger partial charge in [-0.2, -0.15) is 0 Å². The first-order chi connectivity index (χ1) is 5.15. The third kappa shape index (κ3) is 1.71. The van der Waals surface area contributed by atoms with E-state index >= 15 is 0 Å². The maximum atomic E-state index is 10.5. The van der Waals surface area contributed by atoms with Crippen LogP contribution in [0.1, 0.15) is 26.2 Å². The van der Waals surface area contributed by atoms with Gasteiger partial charge < -0.3 is 10.2 Å². The van der Waals surface area contributed by atoms with Crippen molar-refractivity contribution >= 4 is 5.97 Å². The zero-order chi connectivity index (χ0) is 8.43. The Morgan fingerprint density at radius 1 is 1.55 bits per heavy atom. The second-order valence-electron chi connectivity index (χ2n) is 3.24. The molecular weight excluding hydrogens is 144 g/mol. The fourth-order valence-electron chi connectivity index (χ4n) is 1.74. The normalized spacial score (nSPS) is 37.5. The number of hydrogen-bond acceptors (Lipinski definition) is 2. The lowest BCUT2D eigenvalue weighted by Gasteiger charge is -2.09. The van der Waals surface area contributed by atoms with Crippen LogP contribution in [0.15, 0.2) is 0 Å². The van der Waals surface area contributed by atoms with Crippen molar-refractivity contribution in [3.8, 4) is 0 Å². The summed E-state index contributed by atoms with van der Waals surface area (Å²) in [6, 6.07) is 0. The van der Waals surface area contributed by atoms with Gasteiger partial charge in [-0.1, -0.05) is 13.3 Å². The molecule has 0 saturated heterocycles. The minimum absolute atomic E-state index is 0.205. The number of carbonyl (C=O) groups is 1. The number of carboxylic acids is 1. The Morgan fingerprint density at radius 3 is 2.45 bits per heavy atom. The van der Waals surface area contributed by atoms with Crippen molar-refractivity contribution < 1.29 is 15.0 Å². The van der Waals surface area contributed by atoms with Gasteiger partial charge in [0.15, 0.2) is 0 Å². The lowest BCUT2D eigenvalue weighted by molar-refractivity contribution is -0.141. The van der Waals surface area contributed by atoms with E-state index in [1.807, 2.05) is 6.92 Å². The molecule has 64 valence electrons. The van der Waals surface area contributed by atoms with Crippen LogP contribution in [0.5, 0.6) is 0 Å². The zero-order valence-corrected chi connectivity index (χ0v) is 6.66. The topological polar surface area (TPSA) is 57.5 Å². The highest BCUT2D eigenvalue weighted by Crippen LogP contribution is 2.33. The van der Waals surface area contributed by atoms with Gasteiger partial charge in [-0.25, -0.2) is 0 Å². The van der Waals surface area contributed by atoms with E-state index in [0.29, 0.717) is 12.8 Å². The molecule has 1 aliphatic carbocycles. The molecule has 0 aliphatic heterocycles. The molecule has 0 heterocycles. The Kier molecular flexibility index (Phi) is 2.49. The molecule has 11 heavy (non-hydrogen) atoms. The van der Waals surface area contributed by atoms with Crippen LogP contribution in [0.25, 0.3) is 0 Å². The first kappa shape index (κ1) is 8.53. The third-order valence-electron chi connectivity index (χ3n) is 2.53. The highest BCUT2D eigenvalue weighted by molar-refractivity contribution is 5.70. The molecule has 0 radical (unpaired) electrons. The van der Waals surface area contributed by atoms with Crippen LogP contribution in [0.4, 0.5) is 0 Å². The van der Waals surface area contributed by atoms with Crippen LogP contribution in [-0.2, 0) is 4.79 Å². The molecular formula is C8H14O3. The maximum absolute atomic E-state index is 10.5. The Hall–Kier alpha value is -0.570. The van der Waals surface area contributed by atoms with Crippen molar-refractivity contribution in [2.24, 2.45) is 11.8 Å². The number of hydrogen-bond donors (Lipinski definition) is 2. The van der Waals surface area contributed by atoms with Crippen LogP contribution in [0.2, 0.25) is 0 Å². The summed E-state index contributed by atoms with van der Waals surface area (Å²) in [6.07, 6.45) is 1.58. The van der Waals surface area contributed by atoms with Crippen molar-refractivity contribution in [3.63, 3.8) is 0 Å². The fraction of sp³-hybridized carbons (Fsp3) is 0.875. The number of carboxylic acid groups (broad SMARTS) is 1. The van der Waals surface area contributed by atoms with Crippen LogP contribution in [-0.4, -0.2) is 22.3 Å². The van der Waals surface area contributed by atoms with Gasteiger partial charge in [0.05, 0.1) is 12.0 Å². The minimum atomic E-state index is -0.764. The minimum Gasteiger partial charge on any atom is -0.481 e. The molecule has 0 spiro atoms. The first-order valence-corrected chi connectivity index (χ1v) is 4.06. The number of aliphatic carboxylic acids is 1. The fourth-order valence-corrected chi connectivity index (χ4v) is 1.74. The monoisotopic (exact) mass is 158 g/mol. The van der Waals surface area contributed by atoms with E-state index in [9.17, 15) is 9.90 Å². The standard InChI is InChI=1S/C8H14O3/c1-2-5-3-6(8(10)11)4-7(5)9/h5-7,9H,2-4H2,1H3,(H,10,11)/t5-,6+,7-/m1/s1. The molecule has 3 heteroatoms. The summed E-state index contributed by atoms with van der Waals surface area (Å²) in [5.41, 5.74) is 0. The van der Waals surface area contributed by atoms with E-state index in [4.69, 9.17) is 5.11 Å². The van der Waals surface area contributed by atoms with E-state index < -0.39 is 5.97 Å². The molecule has 0 bridgehead atoms. The zero-order valence-electron chi connectivity index (χ0n) is 6.66. The average molecular weight is 158 g/mol. The lowest BCUT2D eigenvalue weighted by Crippen LogP contribution is -2.11. The van der Waals surface area contributed by atoms with Gasteiger partial charge in [0, 0.05) is 0 Å². The van der Waals surface area contributed by atoms with Gasteiger partial charge in [0.1, 0.15) is 0 Å². The van der Waals surface area contributed by atoms with Crippen molar-refractivity contribution in [1.82, 2.24) is 0 Å². The summed E-state index contributed by atoms with van der Waals surface area (Å²) < 4.78 is 0. The molecule has 0 unspecified atom stereocenters. The molecule has 3 nitrogen and oxygen atoms in total. The molecule has 0 amide bonds. The molecule has 3 atom stereocenters. The lowest BCUT2D eigenvalue weighted by atomic mass is 10.0. The van der Waals surface area contributed by atoms with Crippen LogP contribution in [0.3, 0.4) is 0 Å². The second kappa shape index (κ2) is 3.22. The molecule has 2 N–H and O–H groups in total. The third-order valence-corrected chi connectivity index (χ3v) is 2.53. The van der Waals surface area contributed by atoms with E-state index in [-0.39, 0.29) is 17.9 Å². The van der Waals surface area contributed by atoms with Crippen LogP contribution < -0.4 is 0 Å². The predicted octanol–water partition coefficient (Wildman–Crippen LogP) is 0.868. The van der Waals surface area contributed by atoms with E-state index in [2.05, 4.69) is 0 Å². The van der Waals surface area contributed by atoms with E-state index in [1.165, 1.54) is 0 Å². The average Bonchev–Trinajstić information content (AvgIpc) is 2.31. The second-order valence-corrected chi connectivity index (χ2v) is 3.24. The van der Waals surface area contributed by atoms with Gasteiger partial charge in [0.25, 0.3) is 0 Å². The Labute approximate surface area is 66.0 Å². The summed E-state index contributed by atoms with van der Waals surface area (Å²) >= 11 is 0. The van der Waals surface area contributed by atoms with Gasteiger partial charge in [-0.3, -0.25) is 4.79 Å². The summed E-state index contributed by atoms with van der Waals surface area (Å²) in [5.74, 6) is -0.869. The molecule has 1 fully saturated rings. The number of aliphatic hydroxyl groups is 1. The largest absolute Gasteiger partial charge is 0.481 e. The predicted molar refractivity (Wildman–Crippen MR) is 40.1 cm³/mol. The van der Waals surface area contributed by atoms with Crippen LogP contribution >= 0.6 is 0 Å². The molecule has 0 aromatic rings.